The van der Waals surface area contributed by atoms with Gasteiger partial charge >= 0.3 is 5.97 Å². The van der Waals surface area contributed by atoms with Gasteiger partial charge in [0.15, 0.2) is 0 Å². The Balaban J connectivity index is 2.54. The smallest absolute Gasteiger partial charge is 0.310 e. The molecule has 0 unspecified atom stereocenters. The third-order valence-electron chi connectivity index (χ3n) is 2.73. The van der Waals surface area contributed by atoms with Crippen molar-refractivity contribution in [1.82, 2.24) is 0 Å². The highest BCUT2D eigenvalue weighted by Crippen LogP contribution is 2.29. The summed E-state index contributed by atoms with van der Waals surface area (Å²) in [5, 5.41) is 10.2. The molecule has 0 fully saturated rings. The van der Waals surface area contributed by atoms with Gasteiger partial charge in [-0.3, -0.25) is 4.79 Å². The van der Waals surface area contributed by atoms with E-state index in [1.54, 1.807) is 18.2 Å². The first kappa shape index (κ1) is 11.5. The minimum absolute atomic E-state index is 0.151. The summed E-state index contributed by atoms with van der Waals surface area (Å²) in [7, 11) is 1.36. The maximum absolute atomic E-state index is 11.3. The maximum atomic E-state index is 11.3. The molecule has 0 atom stereocenters. The van der Waals surface area contributed by atoms with E-state index >= 15 is 0 Å². The topological polar surface area (TPSA) is 59.7 Å². The Labute approximate surface area is 98.8 Å². The first-order chi connectivity index (χ1) is 8.15. The van der Waals surface area contributed by atoms with Gasteiger partial charge < -0.3 is 14.3 Å². The van der Waals surface area contributed by atoms with Crippen LogP contribution in [0.5, 0.6) is 5.75 Å². The summed E-state index contributed by atoms with van der Waals surface area (Å²) in [6, 6.07) is 4.89. The Kier molecular flexibility index (Phi) is 3.04. The first-order valence-corrected chi connectivity index (χ1v) is 5.45. The van der Waals surface area contributed by atoms with Crippen LogP contribution in [0.2, 0.25) is 0 Å². The van der Waals surface area contributed by atoms with E-state index in [0.717, 1.165) is 16.7 Å². The number of methoxy groups -OCH3 is 1. The molecule has 0 amide bonds. The third kappa shape index (κ3) is 2.11. The minimum Gasteiger partial charge on any atom is -0.508 e. The van der Waals surface area contributed by atoms with E-state index < -0.39 is 0 Å². The lowest BCUT2D eigenvalue weighted by molar-refractivity contribution is -0.139. The van der Waals surface area contributed by atoms with Gasteiger partial charge in [0, 0.05) is 23.4 Å². The van der Waals surface area contributed by atoms with Crippen molar-refractivity contribution in [1.29, 1.82) is 0 Å². The van der Waals surface area contributed by atoms with Gasteiger partial charge in [0.05, 0.1) is 13.5 Å². The lowest BCUT2D eigenvalue weighted by Crippen LogP contribution is -2.05. The molecule has 0 saturated carbocycles. The normalized spacial score (nSPS) is 10.7. The van der Waals surface area contributed by atoms with E-state index in [4.69, 9.17) is 4.42 Å². The summed E-state index contributed by atoms with van der Waals surface area (Å²) in [5.41, 5.74) is 1.44. The number of carbonyl (C=O) groups excluding carboxylic acids is 1. The molecule has 0 saturated heterocycles. The Morgan fingerprint density at radius 1 is 1.47 bits per heavy atom. The number of benzene rings is 1. The van der Waals surface area contributed by atoms with Gasteiger partial charge in [0.1, 0.15) is 17.1 Å². The SMILES string of the molecule is CCc1oc2cc(O)ccc2c1CC(=O)OC. The van der Waals surface area contributed by atoms with Crippen molar-refractivity contribution in [2.75, 3.05) is 7.11 Å². The van der Waals surface area contributed by atoms with E-state index in [9.17, 15) is 9.90 Å². The van der Waals surface area contributed by atoms with E-state index in [0.29, 0.717) is 12.0 Å². The molecular weight excluding hydrogens is 220 g/mol. The summed E-state index contributed by atoms with van der Waals surface area (Å²) in [5.74, 6) is 0.616. The van der Waals surface area contributed by atoms with Crippen molar-refractivity contribution in [3.8, 4) is 5.75 Å². The van der Waals surface area contributed by atoms with Crippen LogP contribution >= 0.6 is 0 Å². The number of aromatic hydroxyl groups is 1. The summed E-state index contributed by atoms with van der Waals surface area (Å²) in [6.45, 7) is 1.96. The second-order valence-corrected chi connectivity index (χ2v) is 3.79. The number of hydrogen-bond donors (Lipinski definition) is 1. The van der Waals surface area contributed by atoms with Crippen molar-refractivity contribution in [2.45, 2.75) is 19.8 Å². The van der Waals surface area contributed by atoms with E-state index in [1.165, 1.54) is 7.11 Å². The van der Waals surface area contributed by atoms with Crippen LogP contribution in [0.25, 0.3) is 11.0 Å². The predicted molar refractivity (Wildman–Crippen MR) is 63.0 cm³/mol. The van der Waals surface area contributed by atoms with E-state index in [2.05, 4.69) is 4.74 Å². The molecule has 4 nitrogen and oxygen atoms in total. The van der Waals surface area contributed by atoms with Crippen molar-refractivity contribution < 1.29 is 19.1 Å². The Hall–Kier alpha value is -1.97. The van der Waals surface area contributed by atoms with Crippen LogP contribution < -0.4 is 0 Å². The van der Waals surface area contributed by atoms with Crippen LogP contribution in [0.4, 0.5) is 0 Å². The molecule has 2 aromatic rings. The van der Waals surface area contributed by atoms with Crippen LogP contribution in [-0.4, -0.2) is 18.2 Å². The zero-order chi connectivity index (χ0) is 12.4. The Bertz CT molecular complexity index is 554. The van der Waals surface area contributed by atoms with Crippen LogP contribution in [0.1, 0.15) is 18.2 Å². The molecule has 0 bridgehead atoms. The highest BCUT2D eigenvalue weighted by Gasteiger charge is 2.16. The van der Waals surface area contributed by atoms with Crippen LogP contribution in [0, 0.1) is 0 Å². The highest BCUT2D eigenvalue weighted by atomic mass is 16.5. The molecule has 1 heterocycles. The monoisotopic (exact) mass is 234 g/mol. The number of esters is 1. The average Bonchev–Trinajstić information content (AvgIpc) is 2.66. The molecule has 0 radical (unpaired) electrons. The molecule has 17 heavy (non-hydrogen) atoms. The van der Waals surface area contributed by atoms with Crippen LogP contribution in [0.3, 0.4) is 0 Å². The number of rotatable bonds is 3. The molecule has 0 aliphatic heterocycles. The van der Waals surface area contributed by atoms with Crippen molar-refractivity contribution in [3.63, 3.8) is 0 Å². The first-order valence-electron chi connectivity index (χ1n) is 5.45. The molecule has 1 aromatic heterocycles. The molecule has 0 spiro atoms. The van der Waals surface area contributed by atoms with Gasteiger partial charge in [-0.2, -0.15) is 0 Å². The van der Waals surface area contributed by atoms with Crippen molar-refractivity contribution in [3.05, 3.63) is 29.5 Å². The van der Waals surface area contributed by atoms with Gasteiger partial charge in [-0.1, -0.05) is 6.92 Å². The fourth-order valence-electron chi connectivity index (χ4n) is 1.89. The van der Waals surface area contributed by atoms with Crippen LogP contribution in [0.15, 0.2) is 22.6 Å². The number of hydrogen-bond acceptors (Lipinski definition) is 4. The Morgan fingerprint density at radius 3 is 2.88 bits per heavy atom. The van der Waals surface area contributed by atoms with Gasteiger partial charge in [-0.15, -0.1) is 0 Å². The summed E-state index contributed by atoms with van der Waals surface area (Å²) >= 11 is 0. The maximum Gasteiger partial charge on any atom is 0.310 e. The molecule has 0 aliphatic carbocycles. The van der Waals surface area contributed by atoms with Crippen LogP contribution in [-0.2, 0) is 22.4 Å². The number of phenols is 1. The van der Waals surface area contributed by atoms with Crippen molar-refractivity contribution >= 4 is 16.9 Å². The van der Waals surface area contributed by atoms with Gasteiger partial charge in [-0.05, 0) is 12.1 Å². The van der Waals surface area contributed by atoms with Gasteiger partial charge in [0.25, 0.3) is 0 Å². The second-order valence-electron chi connectivity index (χ2n) is 3.79. The lowest BCUT2D eigenvalue weighted by atomic mass is 10.1. The summed E-state index contributed by atoms with van der Waals surface area (Å²) in [6.07, 6.45) is 0.888. The molecule has 1 N–H and O–H groups in total. The number of ether oxygens (including phenoxy) is 1. The standard InChI is InChI=1S/C13H14O4/c1-3-11-10(7-13(15)16-2)9-5-4-8(14)6-12(9)17-11/h4-6,14H,3,7H2,1-2H3. The zero-order valence-corrected chi connectivity index (χ0v) is 9.82. The lowest BCUT2D eigenvalue weighted by Gasteiger charge is -1.99. The molecule has 4 heteroatoms. The number of carbonyl (C=O) groups is 1. The molecule has 0 aliphatic rings. The van der Waals surface area contributed by atoms with Gasteiger partial charge in [-0.25, -0.2) is 0 Å². The second kappa shape index (κ2) is 4.49. The third-order valence-corrected chi connectivity index (χ3v) is 2.73. The average molecular weight is 234 g/mol. The fourth-order valence-corrected chi connectivity index (χ4v) is 1.89. The van der Waals surface area contributed by atoms with Gasteiger partial charge in [0.2, 0.25) is 0 Å². The number of aryl methyl sites for hydroxylation is 1. The highest BCUT2D eigenvalue weighted by molar-refractivity contribution is 5.87. The van der Waals surface area contributed by atoms with E-state index in [1.807, 2.05) is 6.92 Å². The number of phenolic OH excluding ortho intramolecular Hbond substituents is 1. The molecule has 1 aromatic carbocycles. The molecular formula is C13H14O4. The largest absolute Gasteiger partial charge is 0.508 e. The number of fused-ring (bicyclic) bond motifs is 1. The molecule has 2 rings (SSSR count). The predicted octanol–water partition coefficient (Wildman–Crippen LogP) is 2.42. The summed E-state index contributed by atoms with van der Waals surface area (Å²) in [4.78, 5) is 11.3. The fraction of sp³-hybridized carbons (Fsp3) is 0.308. The van der Waals surface area contributed by atoms with E-state index in [-0.39, 0.29) is 18.1 Å². The summed E-state index contributed by atoms with van der Waals surface area (Å²) < 4.78 is 10.3. The quantitative estimate of drug-likeness (QED) is 0.828. The minimum atomic E-state index is -0.296. The number of furan rings is 1. The molecule has 90 valence electrons. The zero-order valence-electron chi connectivity index (χ0n) is 9.82. The Morgan fingerprint density at radius 2 is 2.24 bits per heavy atom. The van der Waals surface area contributed by atoms with Crippen molar-refractivity contribution in [2.24, 2.45) is 0 Å².